The molecular weight excluding hydrogens is 158 g/mol. The largest absolute Gasteiger partial charge is 0.327 e. The van der Waals surface area contributed by atoms with Crippen molar-refractivity contribution < 1.29 is 0 Å². The van der Waals surface area contributed by atoms with Gasteiger partial charge in [-0.25, -0.2) is 0 Å². The van der Waals surface area contributed by atoms with Crippen LogP contribution in [0.4, 0.5) is 0 Å². The first-order valence-electron chi connectivity index (χ1n) is 5.63. The first-order valence-corrected chi connectivity index (χ1v) is 5.63. The predicted molar refractivity (Wildman–Crippen MR) is 60.7 cm³/mol. The second kappa shape index (κ2) is 5.64. The van der Waals surface area contributed by atoms with Crippen LogP contribution in [-0.2, 0) is 0 Å². The lowest BCUT2D eigenvalue weighted by Gasteiger charge is -2.27. The highest BCUT2D eigenvalue weighted by Crippen LogP contribution is 2.23. The molecule has 2 atom stereocenters. The summed E-state index contributed by atoms with van der Waals surface area (Å²) in [5.41, 5.74) is 6.36. The fourth-order valence-corrected chi connectivity index (χ4v) is 1.53. The minimum Gasteiger partial charge on any atom is -0.327 e. The van der Waals surface area contributed by atoms with Crippen LogP contribution in [0.25, 0.3) is 0 Å². The molecule has 2 N–H and O–H groups in total. The van der Waals surface area contributed by atoms with E-state index < -0.39 is 0 Å². The summed E-state index contributed by atoms with van der Waals surface area (Å²) in [5.74, 6) is 0.846. The summed E-state index contributed by atoms with van der Waals surface area (Å²) in [7, 11) is 0. The van der Waals surface area contributed by atoms with Gasteiger partial charge in [-0.2, -0.15) is 0 Å². The molecule has 0 aromatic heterocycles. The van der Waals surface area contributed by atoms with E-state index in [1.54, 1.807) is 0 Å². The molecule has 13 heavy (non-hydrogen) atoms. The fraction of sp³-hybridized carbons (Fsp3) is 1.00. The molecule has 0 saturated heterocycles. The van der Waals surface area contributed by atoms with Gasteiger partial charge in [0, 0.05) is 6.04 Å². The number of hydrogen-bond donors (Lipinski definition) is 1. The third-order valence-corrected chi connectivity index (χ3v) is 2.86. The molecule has 0 spiro atoms. The van der Waals surface area contributed by atoms with Gasteiger partial charge in [-0.3, -0.25) is 0 Å². The van der Waals surface area contributed by atoms with Crippen LogP contribution >= 0.6 is 0 Å². The van der Waals surface area contributed by atoms with E-state index in [-0.39, 0.29) is 5.41 Å². The average molecular weight is 185 g/mol. The summed E-state index contributed by atoms with van der Waals surface area (Å²) < 4.78 is 0. The van der Waals surface area contributed by atoms with E-state index >= 15 is 0 Å². The van der Waals surface area contributed by atoms with E-state index in [2.05, 4.69) is 34.6 Å². The van der Waals surface area contributed by atoms with E-state index in [4.69, 9.17) is 5.73 Å². The van der Waals surface area contributed by atoms with Crippen LogP contribution in [0.3, 0.4) is 0 Å². The van der Waals surface area contributed by atoms with Gasteiger partial charge in [0.15, 0.2) is 0 Å². The van der Waals surface area contributed by atoms with E-state index in [9.17, 15) is 0 Å². The molecule has 0 saturated carbocycles. The van der Waals surface area contributed by atoms with Gasteiger partial charge >= 0.3 is 0 Å². The van der Waals surface area contributed by atoms with Crippen LogP contribution in [0, 0.1) is 11.3 Å². The van der Waals surface area contributed by atoms with Gasteiger partial charge in [-0.05, 0) is 24.2 Å². The van der Waals surface area contributed by atoms with Crippen LogP contribution in [0.15, 0.2) is 0 Å². The van der Waals surface area contributed by atoms with Crippen molar-refractivity contribution >= 4 is 0 Å². The zero-order valence-electron chi connectivity index (χ0n) is 10.1. The summed E-state index contributed by atoms with van der Waals surface area (Å²) in [6, 6.07) is 0.354. The van der Waals surface area contributed by atoms with E-state index in [0.717, 1.165) is 5.92 Å². The monoisotopic (exact) mass is 185 g/mol. The molecule has 2 unspecified atom stereocenters. The Kier molecular flexibility index (Phi) is 5.62. The Hall–Kier alpha value is -0.0400. The third kappa shape index (κ3) is 6.09. The minimum absolute atomic E-state index is 0.270. The van der Waals surface area contributed by atoms with Crippen molar-refractivity contribution in [1.29, 1.82) is 0 Å². The van der Waals surface area contributed by atoms with Crippen LogP contribution in [0.2, 0.25) is 0 Å². The Balaban J connectivity index is 3.63. The maximum absolute atomic E-state index is 6.10. The van der Waals surface area contributed by atoms with Crippen LogP contribution in [0.1, 0.15) is 60.3 Å². The molecule has 0 amide bonds. The first kappa shape index (κ1) is 13.0. The predicted octanol–water partition coefficient (Wildman–Crippen LogP) is 3.58. The number of rotatable bonds is 5. The minimum atomic E-state index is 0.270. The standard InChI is InChI=1S/C12H27N/c1-6-7-10(2)8-9-11(13)12(3,4)5/h10-11H,6-9,13H2,1-5H3. The summed E-state index contributed by atoms with van der Waals surface area (Å²) in [5, 5.41) is 0. The Morgan fingerprint density at radius 1 is 1.08 bits per heavy atom. The molecule has 0 fully saturated rings. The molecule has 80 valence electrons. The van der Waals surface area contributed by atoms with Crippen molar-refractivity contribution in [3.63, 3.8) is 0 Å². The Morgan fingerprint density at radius 2 is 1.62 bits per heavy atom. The molecule has 0 aliphatic carbocycles. The van der Waals surface area contributed by atoms with Crippen molar-refractivity contribution in [3.8, 4) is 0 Å². The van der Waals surface area contributed by atoms with Crippen molar-refractivity contribution in [2.24, 2.45) is 17.1 Å². The maximum atomic E-state index is 6.10. The van der Waals surface area contributed by atoms with Crippen LogP contribution in [0.5, 0.6) is 0 Å². The zero-order valence-corrected chi connectivity index (χ0v) is 10.1. The third-order valence-electron chi connectivity index (χ3n) is 2.86. The van der Waals surface area contributed by atoms with Gasteiger partial charge in [0.25, 0.3) is 0 Å². The van der Waals surface area contributed by atoms with E-state index in [1.807, 2.05) is 0 Å². The van der Waals surface area contributed by atoms with Crippen molar-refractivity contribution in [2.75, 3.05) is 0 Å². The normalized spacial score (nSPS) is 17.1. The average Bonchev–Trinajstić information content (AvgIpc) is 1.99. The topological polar surface area (TPSA) is 26.0 Å². The lowest BCUT2D eigenvalue weighted by atomic mass is 9.83. The second-order valence-corrected chi connectivity index (χ2v) is 5.44. The van der Waals surface area contributed by atoms with Gasteiger partial charge in [0.05, 0.1) is 0 Å². The van der Waals surface area contributed by atoms with Gasteiger partial charge in [0.1, 0.15) is 0 Å². The number of hydrogen-bond acceptors (Lipinski definition) is 1. The van der Waals surface area contributed by atoms with Gasteiger partial charge < -0.3 is 5.73 Å². The molecule has 1 heteroatoms. The highest BCUT2D eigenvalue weighted by atomic mass is 14.7. The molecule has 0 rings (SSSR count). The van der Waals surface area contributed by atoms with Gasteiger partial charge in [-0.1, -0.05) is 47.5 Å². The summed E-state index contributed by atoms with van der Waals surface area (Å²) in [4.78, 5) is 0. The smallest absolute Gasteiger partial charge is 0.00877 e. The van der Waals surface area contributed by atoms with E-state index in [1.165, 1.54) is 25.7 Å². The lowest BCUT2D eigenvalue weighted by molar-refractivity contribution is 0.285. The summed E-state index contributed by atoms with van der Waals surface area (Å²) in [6.07, 6.45) is 5.10. The molecule has 0 bridgehead atoms. The zero-order chi connectivity index (χ0) is 10.5. The summed E-state index contributed by atoms with van der Waals surface area (Å²) in [6.45, 7) is 11.3. The highest BCUT2D eigenvalue weighted by Gasteiger charge is 2.20. The molecule has 0 aromatic rings. The lowest BCUT2D eigenvalue weighted by Crippen LogP contribution is -2.35. The van der Waals surface area contributed by atoms with E-state index in [0.29, 0.717) is 6.04 Å². The molecule has 1 nitrogen and oxygen atoms in total. The molecule has 0 heterocycles. The first-order chi connectivity index (χ1) is 5.88. The molecule has 0 radical (unpaired) electrons. The SMILES string of the molecule is CCCC(C)CCC(N)C(C)(C)C. The molecule has 0 aliphatic rings. The fourth-order valence-electron chi connectivity index (χ4n) is 1.53. The Bertz CT molecular complexity index is 124. The van der Waals surface area contributed by atoms with Crippen LogP contribution < -0.4 is 5.73 Å². The van der Waals surface area contributed by atoms with Crippen LogP contribution in [-0.4, -0.2) is 6.04 Å². The number of nitrogens with two attached hydrogens (primary N) is 1. The van der Waals surface area contributed by atoms with Crippen molar-refractivity contribution in [2.45, 2.75) is 66.3 Å². The van der Waals surface area contributed by atoms with Crippen molar-refractivity contribution in [3.05, 3.63) is 0 Å². The maximum Gasteiger partial charge on any atom is 0.00877 e. The highest BCUT2D eigenvalue weighted by molar-refractivity contribution is 4.77. The van der Waals surface area contributed by atoms with Crippen molar-refractivity contribution in [1.82, 2.24) is 0 Å². The molecular formula is C12H27N. The molecule has 0 aliphatic heterocycles. The summed E-state index contributed by atoms with van der Waals surface area (Å²) >= 11 is 0. The Morgan fingerprint density at radius 3 is 2.00 bits per heavy atom. The van der Waals surface area contributed by atoms with Gasteiger partial charge in [-0.15, -0.1) is 0 Å². The quantitative estimate of drug-likeness (QED) is 0.696. The molecule has 0 aromatic carbocycles. The second-order valence-electron chi connectivity index (χ2n) is 5.44. The Labute approximate surface area is 84.1 Å². The van der Waals surface area contributed by atoms with Gasteiger partial charge in [0.2, 0.25) is 0 Å².